The van der Waals surface area contributed by atoms with Crippen molar-refractivity contribution in [1.82, 2.24) is 10.2 Å². The van der Waals surface area contributed by atoms with Crippen molar-refractivity contribution in [2.24, 2.45) is 11.5 Å². The number of rotatable bonds is 15. The second-order valence-corrected chi connectivity index (χ2v) is 9.14. The van der Waals surface area contributed by atoms with Crippen LogP contribution in [0.25, 0.3) is 0 Å². The highest BCUT2D eigenvalue weighted by Crippen LogP contribution is 2.23. The Kier molecular flexibility index (Phi) is 13.1. The maximum Gasteiger partial charge on any atom is 0.261 e. The molecule has 0 radical (unpaired) electrons. The monoisotopic (exact) mass is 538 g/mol. The van der Waals surface area contributed by atoms with Crippen LogP contribution >= 0.6 is 0 Å². The number of hydrogen-bond donors (Lipinski definition) is 3. The molecule has 0 heterocycles. The maximum atomic E-state index is 13.1. The smallest absolute Gasteiger partial charge is 0.261 e. The van der Waals surface area contributed by atoms with Crippen molar-refractivity contribution in [3.05, 3.63) is 53.1 Å². The third kappa shape index (κ3) is 10.2. The number of aldehydes is 1. The molecule has 210 valence electrons. The van der Waals surface area contributed by atoms with Gasteiger partial charge in [-0.25, -0.2) is 0 Å². The molecule has 1 aromatic rings. The molecule has 0 aliphatic heterocycles. The predicted octanol–water partition coefficient (Wildman–Crippen LogP) is 2.45. The molecule has 5 N–H and O–H groups in total. The fraction of sp³-hybridized carbons (Fsp3) is 0.448. The molecular weight excluding hydrogens is 500 g/mol. The molecule has 0 spiro atoms. The Morgan fingerprint density at radius 3 is 2.62 bits per heavy atom. The summed E-state index contributed by atoms with van der Waals surface area (Å²) in [6, 6.07) is 3.91. The topological polar surface area (TPSA) is 154 Å². The van der Waals surface area contributed by atoms with Crippen LogP contribution in [0.2, 0.25) is 0 Å². The quantitative estimate of drug-likeness (QED) is 0.101. The summed E-state index contributed by atoms with van der Waals surface area (Å²) >= 11 is 0. The van der Waals surface area contributed by atoms with E-state index in [0.717, 1.165) is 30.6 Å². The number of amides is 3. The number of likely N-dealkylation sites (N-methyl/N-ethyl adjacent to an activating group) is 1. The number of nitrogens with two attached hydrogens (primary N) is 2. The van der Waals surface area contributed by atoms with Crippen LogP contribution in [0.1, 0.15) is 67.3 Å². The number of carbonyl (C=O) groups excluding carboxylic acids is 4. The molecule has 0 bridgehead atoms. The number of aryl methyl sites for hydroxylation is 1. The average molecular weight is 539 g/mol. The molecule has 10 nitrogen and oxygen atoms in total. The standard InChI is InChI=1S/C29H38N4O6/c1-21-13-15-24(19-25(21)29(37)33(20-35)26(12-8-17-34)28(36)32-2)38-18-6-4-3-5-9-22(30)14-16-27(31)39-23-10-7-11-23/h13-17,19-20,23,26H,3-4,6-8,10-12,18,30-31H2,1-2H3,(H,32,36)/b22-14-,27-16+. The SMILES string of the molecule is CNC(=O)C(CCC=O)N(C=O)C(=O)c1cc(OCCCCC#C/C(N)=C/C=C(\N)OC2CCC2)ccc1C. The van der Waals surface area contributed by atoms with E-state index < -0.39 is 17.9 Å². The normalized spacial score (nSPS) is 14.2. The zero-order chi connectivity index (χ0) is 28.6. The number of hydrogen-bond acceptors (Lipinski definition) is 8. The third-order valence-electron chi connectivity index (χ3n) is 6.21. The summed E-state index contributed by atoms with van der Waals surface area (Å²) < 4.78 is 11.3. The Morgan fingerprint density at radius 2 is 1.97 bits per heavy atom. The van der Waals surface area contributed by atoms with Gasteiger partial charge >= 0.3 is 0 Å². The van der Waals surface area contributed by atoms with Gasteiger partial charge in [0.15, 0.2) is 5.88 Å². The van der Waals surface area contributed by atoms with Crippen LogP contribution in [0.15, 0.2) is 41.9 Å². The van der Waals surface area contributed by atoms with E-state index in [0.29, 0.717) is 48.6 Å². The van der Waals surface area contributed by atoms with Gasteiger partial charge in [-0.3, -0.25) is 19.3 Å². The van der Waals surface area contributed by atoms with E-state index in [1.54, 1.807) is 37.3 Å². The highest BCUT2D eigenvalue weighted by atomic mass is 16.5. The number of unbranched alkanes of at least 4 members (excludes halogenated alkanes) is 2. The van der Waals surface area contributed by atoms with Crippen LogP contribution in [-0.2, 0) is 19.1 Å². The molecule has 1 saturated carbocycles. The van der Waals surface area contributed by atoms with Gasteiger partial charge in [0.1, 0.15) is 24.2 Å². The van der Waals surface area contributed by atoms with Crippen LogP contribution in [-0.4, -0.2) is 55.2 Å². The van der Waals surface area contributed by atoms with E-state index in [-0.39, 0.29) is 24.5 Å². The molecule has 1 fully saturated rings. The molecule has 1 atom stereocenters. The van der Waals surface area contributed by atoms with Gasteiger partial charge in [-0.1, -0.05) is 12.0 Å². The van der Waals surface area contributed by atoms with Crippen molar-refractivity contribution in [3.63, 3.8) is 0 Å². The average Bonchev–Trinajstić information content (AvgIpc) is 2.91. The Morgan fingerprint density at radius 1 is 1.21 bits per heavy atom. The van der Waals surface area contributed by atoms with Gasteiger partial charge < -0.3 is 31.1 Å². The molecule has 2 rings (SSSR count). The van der Waals surface area contributed by atoms with Crippen molar-refractivity contribution in [3.8, 4) is 17.6 Å². The summed E-state index contributed by atoms with van der Waals surface area (Å²) in [6.07, 6.45) is 9.85. The highest BCUT2D eigenvalue weighted by molar-refractivity contribution is 6.04. The van der Waals surface area contributed by atoms with Crippen molar-refractivity contribution < 1.29 is 28.7 Å². The molecule has 0 aromatic heterocycles. The van der Waals surface area contributed by atoms with Gasteiger partial charge in [0.25, 0.3) is 5.91 Å². The fourth-order valence-electron chi connectivity index (χ4n) is 3.72. The molecule has 0 saturated heterocycles. The number of nitrogens with zero attached hydrogens (tertiary/aromatic N) is 1. The Labute approximate surface area is 229 Å². The van der Waals surface area contributed by atoms with Crippen LogP contribution in [0, 0.1) is 18.8 Å². The van der Waals surface area contributed by atoms with E-state index in [9.17, 15) is 19.2 Å². The molecular formula is C29H38N4O6. The minimum absolute atomic E-state index is 0.0338. The van der Waals surface area contributed by atoms with Gasteiger partial charge in [0, 0.05) is 31.5 Å². The Balaban J connectivity index is 1.87. The fourth-order valence-corrected chi connectivity index (χ4v) is 3.72. The second kappa shape index (κ2) is 16.6. The summed E-state index contributed by atoms with van der Waals surface area (Å²) in [5, 5.41) is 2.43. The van der Waals surface area contributed by atoms with Crippen LogP contribution in [0.3, 0.4) is 0 Å². The summed E-state index contributed by atoms with van der Waals surface area (Å²) in [5.74, 6) is 5.53. The maximum absolute atomic E-state index is 13.1. The molecule has 1 unspecified atom stereocenters. The van der Waals surface area contributed by atoms with Gasteiger partial charge in [-0.2, -0.15) is 0 Å². The van der Waals surface area contributed by atoms with Crippen molar-refractivity contribution in [2.45, 2.75) is 70.4 Å². The molecule has 39 heavy (non-hydrogen) atoms. The number of carbonyl (C=O) groups is 4. The van der Waals surface area contributed by atoms with Crippen LogP contribution in [0.4, 0.5) is 0 Å². The summed E-state index contributed by atoms with van der Waals surface area (Å²) in [7, 11) is 1.40. The first-order valence-corrected chi connectivity index (χ1v) is 13.1. The molecule has 1 aliphatic carbocycles. The zero-order valence-corrected chi connectivity index (χ0v) is 22.6. The van der Waals surface area contributed by atoms with Crippen LogP contribution in [0.5, 0.6) is 5.75 Å². The number of ether oxygens (including phenoxy) is 2. The Hall–Kier alpha value is -4.26. The van der Waals surface area contributed by atoms with Crippen molar-refractivity contribution >= 4 is 24.5 Å². The van der Waals surface area contributed by atoms with E-state index in [4.69, 9.17) is 20.9 Å². The predicted molar refractivity (Wildman–Crippen MR) is 147 cm³/mol. The minimum atomic E-state index is -1.09. The summed E-state index contributed by atoms with van der Waals surface area (Å²) in [5.41, 5.74) is 12.9. The van der Waals surface area contributed by atoms with Crippen LogP contribution < -0.4 is 21.5 Å². The van der Waals surface area contributed by atoms with E-state index >= 15 is 0 Å². The zero-order valence-electron chi connectivity index (χ0n) is 22.6. The van der Waals surface area contributed by atoms with Gasteiger partial charge in [-0.05, 0) is 75.1 Å². The first-order valence-electron chi connectivity index (χ1n) is 13.1. The second-order valence-electron chi connectivity index (χ2n) is 9.14. The van der Waals surface area contributed by atoms with Gasteiger partial charge in [0.05, 0.1) is 12.3 Å². The molecule has 1 aliphatic rings. The largest absolute Gasteiger partial charge is 0.494 e. The number of benzene rings is 1. The molecule has 3 amide bonds. The van der Waals surface area contributed by atoms with E-state index in [2.05, 4.69) is 17.2 Å². The summed E-state index contributed by atoms with van der Waals surface area (Å²) in [6.45, 7) is 2.13. The molecule has 10 heteroatoms. The molecule has 1 aromatic carbocycles. The third-order valence-corrected chi connectivity index (χ3v) is 6.21. The van der Waals surface area contributed by atoms with Gasteiger partial charge in [-0.15, -0.1) is 0 Å². The number of allylic oxidation sites excluding steroid dienone is 3. The highest BCUT2D eigenvalue weighted by Gasteiger charge is 2.30. The lowest BCUT2D eigenvalue weighted by atomic mass is 9.96. The minimum Gasteiger partial charge on any atom is -0.494 e. The van der Waals surface area contributed by atoms with Crippen molar-refractivity contribution in [1.29, 1.82) is 0 Å². The first kappa shape index (κ1) is 31.0. The first-order chi connectivity index (χ1) is 18.8. The van der Waals surface area contributed by atoms with Gasteiger partial charge in [0.2, 0.25) is 12.3 Å². The lowest BCUT2D eigenvalue weighted by Gasteiger charge is -2.26. The lowest BCUT2D eigenvalue weighted by molar-refractivity contribution is -0.131. The van der Waals surface area contributed by atoms with E-state index in [1.165, 1.54) is 13.5 Å². The summed E-state index contributed by atoms with van der Waals surface area (Å²) in [4.78, 5) is 48.8. The number of imide groups is 1. The van der Waals surface area contributed by atoms with E-state index in [1.807, 2.05) is 0 Å². The lowest BCUT2D eigenvalue weighted by Crippen LogP contribution is -2.48. The Bertz CT molecular complexity index is 1130. The number of nitrogens with one attached hydrogen (secondary N) is 1. The van der Waals surface area contributed by atoms with Crippen molar-refractivity contribution in [2.75, 3.05) is 13.7 Å².